The number of benzene rings is 1. The van der Waals surface area contributed by atoms with Gasteiger partial charge in [0.1, 0.15) is 11.0 Å². The molecule has 0 radical (unpaired) electrons. The van der Waals surface area contributed by atoms with Gasteiger partial charge in [-0.05, 0) is 30.7 Å². The van der Waals surface area contributed by atoms with Crippen LogP contribution in [0.4, 0.5) is 10.1 Å². The van der Waals surface area contributed by atoms with Crippen LogP contribution in [0.25, 0.3) is 0 Å². The normalized spacial score (nSPS) is 10.2. The van der Waals surface area contributed by atoms with Crippen LogP contribution in [-0.4, -0.2) is 10.9 Å². The maximum atomic E-state index is 13.0. The Bertz CT molecular complexity index is 601. The fourth-order valence-corrected chi connectivity index (χ4v) is 1.69. The number of anilines is 1. The van der Waals surface area contributed by atoms with Crippen LogP contribution in [0.15, 0.2) is 36.5 Å². The minimum absolute atomic E-state index is 0.0122. The molecule has 5 heteroatoms. The molecule has 0 unspecified atom stereocenters. The smallest absolute Gasteiger partial charge is 0.258 e. The Hall–Kier alpha value is -1.94. The zero-order valence-electron chi connectivity index (χ0n) is 9.58. The van der Waals surface area contributed by atoms with Gasteiger partial charge in [-0.15, -0.1) is 0 Å². The summed E-state index contributed by atoms with van der Waals surface area (Å²) in [6, 6.07) is 8.33. The molecule has 3 nitrogen and oxygen atoms in total. The second-order valence-electron chi connectivity index (χ2n) is 3.82. The molecule has 0 saturated heterocycles. The summed E-state index contributed by atoms with van der Waals surface area (Å²) in [5.74, 6) is -1.09. The van der Waals surface area contributed by atoms with E-state index in [1.807, 2.05) is 19.1 Å². The first-order valence-corrected chi connectivity index (χ1v) is 5.63. The monoisotopic (exact) mass is 264 g/mol. The summed E-state index contributed by atoms with van der Waals surface area (Å²) in [5, 5.41) is 2.61. The van der Waals surface area contributed by atoms with Crippen molar-refractivity contribution in [2.24, 2.45) is 0 Å². The molecule has 1 N–H and O–H groups in total. The molecular formula is C13H10ClFN2O. The van der Waals surface area contributed by atoms with E-state index in [2.05, 4.69) is 10.3 Å². The summed E-state index contributed by atoms with van der Waals surface area (Å²) in [5.41, 5.74) is 1.65. The number of rotatable bonds is 2. The van der Waals surface area contributed by atoms with E-state index in [1.165, 1.54) is 0 Å². The third-order valence-electron chi connectivity index (χ3n) is 2.33. The molecule has 2 aromatic rings. The van der Waals surface area contributed by atoms with E-state index in [9.17, 15) is 9.18 Å². The minimum atomic E-state index is -0.603. The fourth-order valence-electron chi connectivity index (χ4n) is 1.50. The number of pyridine rings is 1. The Balaban J connectivity index is 2.24. The van der Waals surface area contributed by atoms with E-state index in [1.54, 1.807) is 12.1 Å². The number of amides is 1. The molecule has 0 aliphatic heterocycles. The Morgan fingerprint density at radius 3 is 2.89 bits per heavy atom. The number of carbonyl (C=O) groups excluding carboxylic acids is 1. The summed E-state index contributed by atoms with van der Waals surface area (Å²) >= 11 is 5.75. The van der Waals surface area contributed by atoms with Crippen molar-refractivity contribution < 1.29 is 9.18 Å². The summed E-state index contributed by atoms with van der Waals surface area (Å²) < 4.78 is 13.0. The third-order valence-corrected chi connectivity index (χ3v) is 2.63. The summed E-state index contributed by atoms with van der Waals surface area (Å²) in [6.45, 7) is 1.91. The number of aromatic nitrogens is 1. The SMILES string of the molecule is Cc1cccc(NC(=O)c2cc(F)cnc2Cl)c1. The molecule has 0 aliphatic carbocycles. The molecule has 1 amide bonds. The second kappa shape index (κ2) is 5.14. The first-order chi connectivity index (χ1) is 8.56. The maximum Gasteiger partial charge on any atom is 0.258 e. The number of hydrogen-bond donors (Lipinski definition) is 1. The number of halogens is 2. The molecule has 1 heterocycles. The van der Waals surface area contributed by atoms with Crippen LogP contribution in [0.1, 0.15) is 15.9 Å². The predicted octanol–water partition coefficient (Wildman–Crippen LogP) is 3.43. The maximum absolute atomic E-state index is 13.0. The zero-order valence-corrected chi connectivity index (χ0v) is 10.3. The van der Waals surface area contributed by atoms with E-state index in [4.69, 9.17) is 11.6 Å². The van der Waals surface area contributed by atoms with Gasteiger partial charge < -0.3 is 5.32 Å². The Morgan fingerprint density at radius 2 is 2.17 bits per heavy atom. The molecule has 0 spiro atoms. The van der Waals surface area contributed by atoms with Gasteiger partial charge in [0.15, 0.2) is 0 Å². The van der Waals surface area contributed by atoms with Crippen molar-refractivity contribution in [2.75, 3.05) is 5.32 Å². The molecule has 0 bridgehead atoms. The van der Waals surface area contributed by atoms with Crippen molar-refractivity contribution in [3.05, 3.63) is 58.6 Å². The molecule has 0 fully saturated rings. The number of aryl methyl sites for hydroxylation is 1. The van der Waals surface area contributed by atoms with Crippen LogP contribution in [0.5, 0.6) is 0 Å². The van der Waals surface area contributed by atoms with Gasteiger partial charge in [-0.2, -0.15) is 0 Å². The number of nitrogens with one attached hydrogen (secondary N) is 1. The molecular weight excluding hydrogens is 255 g/mol. The van der Waals surface area contributed by atoms with Crippen LogP contribution < -0.4 is 5.32 Å². The molecule has 0 atom stereocenters. The van der Waals surface area contributed by atoms with Gasteiger partial charge in [0.25, 0.3) is 5.91 Å². The lowest BCUT2D eigenvalue weighted by Crippen LogP contribution is -2.13. The van der Waals surface area contributed by atoms with Crippen LogP contribution in [0.3, 0.4) is 0 Å². The van der Waals surface area contributed by atoms with E-state index in [0.29, 0.717) is 5.69 Å². The molecule has 0 saturated carbocycles. The van der Waals surface area contributed by atoms with Gasteiger partial charge in [0.2, 0.25) is 0 Å². The molecule has 92 valence electrons. The van der Waals surface area contributed by atoms with Crippen LogP contribution in [0.2, 0.25) is 5.15 Å². The average Bonchev–Trinajstić information content (AvgIpc) is 2.32. The molecule has 18 heavy (non-hydrogen) atoms. The second-order valence-corrected chi connectivity index (χ2v) is 4.17. The fraction of sp³-hybridized carbons (Fsp3) is 0.0769. The molecule has 0 aliphatic rings. The lowest BCUT2D eigenvalue weighted by Gasteiger charge is -2.07. The summed E-state index contributed by atoms with van der Waals surface area (Å²) in [4.78, 5) is 15.5. The van der Waals surface area contributed by atoms with E-state index in [0.717, 1.165) is 17.8 Å². The first kappa shape index (κ1) is 12.5. The van der Waals surface area contributed by atoms with Crippen molar-refractivity contribution in [1.82, 2.24) is 4.98 Å². The first-order valence-electron chi connectivity index (χ1n) is 5.25. The highest BCUT2D eigenvalue weighted by molar-refractivity contribution is 6.33. The van der Waals surface area contributed by atoms with E-state index >= 15 is 0 Å². The average molecular weight is 265 g/mol. The van der Waals surface area contributed by atoms with Crippen molar-refractivity contribution in [2.45, 2.75) is 6.92 Å². The highest BCUT2D eigenvalue weighted by Gasteiger charge is 2.12. The Morgan fingerprint density at radius 1 is 1.39 bits per heavy atom. The zero-order chi connectivity index (χ0) is 13.1. The standard InChI is InChI=1S/C13H10ClFN2O/c1-8-3-2-4-10(5-8)17-13(18)11-6-9(15)7-16-12(11)14/h2-7H,1H3,(H,17,18). The molecule has 1 aromatic carbocycles. The van der Waals surface area contributed by atoms with Crippen LogP contribution in [-0.2, 0) is 0 Å². The highest BCUT2D eigenvalue weighted by atomic mass is 35.5. The third kappa shape index (κ3) is 2.84. The van der Waals surface area contributed by atoms with Gasteiger partial charge >= 0.3 is 0 Å². The van der Waals surface area contributed by atoms with Gasteiger partial charge in [0.05, 0.1) is 11.8 Å². The number of hydrogen-bond acceptors (Lipinski definition) is 2. The topological polar surface area (TPSA) is 42.0 Å². The Kier molecular flexibility index (Phi) is 3.58. The Labute approximate surface area is 109 Å². The summed E-state index contributed by atoms with van der Waals surface area (Å²) in [6.07, 6.45) is 0.964. The van der Waals surface area contributed by atoms with Crippen LogP contribution in [0, 0.1) is 12.7 Å². The lowest BCUT2D eigenvalue weighted by atomic mass is 10.2. The van der Waals surface area contributed by atoms with Crippen molar-refractivity contribution in [3.8, 4) is 0 Å². The molecule has 2 rings (SSSR count). The lowest BCUT2D eigenvalue weighted by molar-refractivity contribution is 0.102. The van der Waals surface area contributed by atoms with Gasteiger partial charge in [0, 0.05) is 5.69 Å². The quantitative estimate of drug-likeness (QED) is 0.845. The van der Waals surface area contributed by atoms with Crippen molar-refractivity contribution in [1.29, 1.82) is 0 Å². The van der Waals surface area contributed by atoms with Crippen molar-refractivity contribution in [3.63, 3.8) is 0 Å². The van der Waals surface area contributed by atoms with E-state index in [-0.39, 0.29) is 10.7 Å². The van der Waals surface area contributed by atoms with Crippen molar-refractivity contribution >= 4 is 23.2 Å². The number of carbonyl (C=O) groups is 1. The molecule has 1 aromatic heterocycles. The summed E-state index contributed by atoms with van der Waals surface area (Å²) in [7, 11) is 0. The van der Waals surface area contributed by atoms with Crippen LogP contribution >= 0.6 is 11.6 Å². The van der Waals surface area contributed by atoms with Gasteiger partial charge in [-0.1, -0.05) is 23.7 Å². The largest absolute Gasteiger partial charge is 0.322 e. The van der Waals surface area contributed by atoms with E-state index < -0.39 is 11.7 Å². The minimum Gasteiger partial charge on any atom is -0.322 e. The number of nitrogens with zero attached hydrogens (tertiary/aromatic N) is 1. The van der Waals surface area contributed by atoms with Gasteiger partial charge in [-0.3, -0.25) is 4.79 Å². The predicted molar refractivity (Wildman–Crippen MR) is 68.3 cm³/mol. The van der Waals surface area contributed by atoms with Gasteiger partial charge in [-0.25, -0.2) is 9.37 Å². The highest BCUT2D eigenvalue weighted by Crippen LogP contribution is 2.17.